The van der Waals surface area contributed by atoms with Gasteiger partial charge in [-0.2, -0.15) is 0 Å². The number of benzene rings is 1. The summed E-state index contributed by atoms with van der Waals surface area (Å²) in [6, 6.07) is 3.54. The highest BCUT2D eigenvalue weighted by molar-refractivity contribution is 7.89. The van der Waals surface area contributed by atoms with E-state index >= 15 is 0 Å². The van der Waals surface area contributed by atoms with Gasteiger partial charge in [0.2, 0.25) is 10.0 Å². The van der Waals surface area contributed by atoms with Gasteiger partial charge in [0.1, 0.15) is 0 Å². The third-order valence-electron chi connectivity index (χ3n) is 3.28. The molecule has 3 N–H and O–H groups in total. The lowest BCUT2D eigenvalue weighted by Gasteiger charge is -2.07. The highest BCUT2D eigenvalue weighted by atomic mass is 32.2. The van der Waals surface area contributed by atoms with Crippen LogP contribution in [0.2, 0.25) is 0 Å². The predicted octanol–water partition coefficient (Wildman–Crippen LogP) is 1.11. The van der Waals surface area contributed by atoms with Crippen molar-refractivity contribution in [3.8, 4) is 0 Å². The number of hydrogen-bond donors (Lipinski definition) is 2. The molecule has 19 heavy (non-hydrogen) atoms. The van der Waals surface area contributed by atoms with Crippen molar-refractivity contribution in [3.05, 3.63) is 28.3 Å². The molecule has 1 saturated carbocycles. The molecule has 1 fully saturated rings. The summed E-state index contributed by atoms with van der Waals surface area (Å²) >= 11 is 0. The Morgan fingerprint density at radius 1 is 1.53 bits per heavy atom. The average molecular weight is 285 g/mol. The lowest BCUT2D eigenvalue weighted by atomic mass is 10.3. The highest BCUT2D eigenvalue weighted by Crippen LogP contribution is 2.37. The molecule has 0 spiro atoms. The van der Waals surface area contributed by atoms with Crippen molar-refractivity contribution in [3.63, 3.8) is 0 Å². The van der Waals surface area contributed by atoms with E-state index in [9.17, 15) is 18.5 Å². The van der Waals surface area contributed by atoms with Crippen molar-refractivity contribution in [2.24, 2.45) is 11.8 Å². The second-order valence-electron chi connectivity index (χ2n) is 4.81. The first-order valence-corrected chi connectivity index (χ1v) is 7.33. The first kappa shape index (κ1) is 13.8. The van der Waals surface area contributed by atoms with Crippen molar-refractivity contribution < 1.29 is 13.3 Å². The molecule has 0 aliphatic heterocycles. The van der Waals surface area contributed by atoms with Gasteiger partial charge in [-0.15, -0.1) is 0 Å². The zero-order valence-corrected chi connectivity index (χ0v) is 11.2. The molecule has 2 unspecified atom stereocenters. The molecule has 0 aromatic heterocycles. The molecule has 0 saturated heterocycles. The topological polar surface area (TPSA) is 115 Å². The van der Waals surface area contributed by atoms with Crippen LogP contribution in [0.15, 0.2) is 23.1 Å². The number of anilines is 1. The van der Waals surface area contributed by atoms with E-state index < -0.39 is 20.6 Å². The molecule has 0 amide bonds. The minimum Gasteiger partial charge on any atom is -0.399 e. The van der Waals surface area contributed by atoms with Crippen molar-refractivity contribution in [2.45, 2.75) is 18.2 Å². The van der Waals surface area contributed by atoms with Crippen molar-refractivity contribution in [2.75, 3.05) is 12.3 Å². The fourth-order valence-corrected chi connectivity index (χ4v) is 3.13. The Morgan fingerprint density at radius 3 is 2.68 bits per heavy atom. The molecule has 1 aliphatic carbocycles. The van der Waals surface area contributed by atoms with E-state index in [1.54, 1.807) is 0 Å². The predicted molar refractivity (Wildman–Crippen MR) is 70.0 cm³/mol. The fourth-order valence-electron chi connectivity index (χ4n) is 1.88. The smallest absolute Gasteiger partial charge is 0.291 e. The second kappa shape index (κ2) is 4.78. The van der Waals surface area contributed by atoms with E-state index in [-0.39, 0.29) is 10.6 Å². The van der Waals surface area contributed by atoms with Gasteiger partial charge < -0.3 is 5.73 Å². The lowest BCUT2D eigenvalue weighted by molar-refractivity contribution is -0.387. The fraction of sp³-hybridized carbons (Fsp3) is 0.455. The summed E-state index contributed by atoms with van der Waals surface area (Å²) in [5.74, 6) is 0.826. The van der Waals surface area contributed by atoms with Crippen LogP contribution in [-0.4, -0.2) is 19.9 Å². The second-order valence-corrected chi connectivity index (χ2v) is 6.54. The molecular weight excluding hydrogens is 270 g/mol. The van der Waals surface area contributed by atoms with E-state index in [0.717, 1.165) is 18.6 Å². The Hall–Kier alpha value is -1.67. The molecule has 1 aromatic carbocycles. The summed E-state index contributed by atoms with van der Waals surface area (Å²) in [6.07, 6.45) is 0.979. The largest absolute Gasteiger partial charge is 0.399 e. The number of hydrogen-bond acceptors (Lipinski definition) is 5. The van der Waals surface area contributed by atoms with Crippen LogP contribution in [0, 0.1) is 22.0 Å². The van der Waals surface area contributed by atoms with Gasteiger partial charge in [-0.25, -0.2) is 13.1 Å². The van der Waals surface area contributed by atoms with Gasteiger partial charge in [0.25, 0.3) is 5.69 Å². The molecule has 1 aromatic rings. The van der Waals surface area contributed by atoms with Gasteiger partial charge in [0, 0.05) is 18.3 Å². The molecule has 0 bridgehead atoms. The summed E-state index contributed by atoms with van der Waals surface area (Å²) in [5.41, 5.74) is 5.09. The van der Waals surface area contributed by atoms with Crippen molar-refractivity contribution >= 4 is 21.4 Å². The third-order valence-corrected chi connectivity index (χ3v) is 4.75. The summed E-state index contributed by atoms with van der Waals surface area (Å²) in [5, 5.41) is 10.9. The van der Waals surface area contributed by atoms with Gasteiger partial charge in [-0.3, -0.25) is 10.1 Å². The molecule has 7 nitrogen and oxygen atoms in total. The number of nitrogens with two attached hydrogens (primary N) is 1. The van der Waals surface area contributed by atoms with Gasteiger partial charge >= 0.3 is 0 Å². The van der Waals surface area contributed by atoms with E-state index in [1.165, 1.54) is 6.07 Å². The Balaban J connectivity index is 2.26. The number of nitrogen functional groups attached to an aromatic ring is 1. The Labute approximate surface area is 111 Å². The van der Waals surface area contributed by atoms with Crippen LogP contribution in [0.1, 0.15) is 13.3 Å². The van der Waals surface area contributed by atoms with Crippen LogP contribution >= 0.6 is 0 Å². The van der Waals surface area contributed by atoms with E-state index in [1.807, 2.05) is 6.92 Å². The number of nitro benzene ring substituents is 1. The number of rotatable bonds is 5. The lowest BCUT2D eigenvalue weighted by Crippen LogP contribution is -2.26. The molecule has 1 aliphatic rings. The summed E-state index contributed by atoms with van der Waals surface area (Å²) < 4.78 is 26.5. The van der Waals surface area contributed by atoms with Crippen LogP contribution in [0.3, 0.4) is 0 Å². The Bertz CT molecular complexity index is 614. The van der Waals surface area contributed by atoms with Gasteiger partial charge in [-0.1, -0.05) is 6.92 Å². The van der Waals surface area contributed by atoms with Crippen LogP contribution < -0.4 is 10.5 Å². The third kappa shape index (κ3) is 3.02. The zero-order chi connectivity index (χ0) is 14.2. The van der Waals surface area contributed by atoms with Crippen LogP contribution in [0.25, 0.3) is 0 Å². The number of nitrogens with one attached hydrogen (secondary N) is 1. The molecular formula is C11H15N3O4S. The molecule has 8 heteroatoms. The number of sulfonamides is 1. The summed E-state index contributed by atoms with van der Waals surface area (Å²) in [7, 11) is -3.88. The van der Waals surface area contributed by atoms with Crippen molar-refractivity contribution in [1.82, 2.24) is 4.72 Å². The van der Waals surface area contributed by atoms with Gasteiger partial charge in [-0.05, 0) is 30.4 Å². The molecule has 0 radical (unpaired) electrons. The molecule has 2 atom stereocenters. The maximum Gasteiger partial charge on any atom is 0.291 e. The van der Waals surface area contributed by atoms with Crippen LogP contribution in [-0.2, 0) is 10.0 Å². The van der Waals surface area contributed by atoms with Crippen LogP contribution in [0.4, 0.5) is 11.4 Å². The first-order chi connectivity index (χ1) is 8.81. The zero-order valence-electron chi connectivity index (χ0n) is 10.4. The highest BCUT2D eigenvalue weighted by Gasteiger charge is 2.34. The van der Waals surface area contributed by atoms with E-state index in [4.69, 9.17) is 5.73 Å². The molecule has 0 heterocycles. The maximum atomic E-state index is 12.1. The number of nitro groups is 1. The maximum absolute atomic E-state index is 12.1. The monoisotopic (exact) mass is 285 g/mol. The quantitative estimate of drug-likeness (QED) is 0.477. The number of nitrogens with zero attached hydrogens (tertiary/aromatic N) is 1. The Morgan fingerprint density at radius 2 is 2.16 bits per heavy atom. The van der Waals surface area contributed by atoms with E-state index in [0.29, 0.717) is 18.4 Å². The molecule has 2 rings (SSSR count). The Kier molecular flexibility index (Phi) is 3.46. The summed E-state index contributed by atoms with van der Waals surface area (Å²) in [6.45, 7) is 2.34. The minimum atomic E-state index is -3.88. The van der Waals surface area contributed by atoms with Gasteiger partial charge in [0.15, 0.2) is 4.90 Å². The summed E-state index contributed by atoms with van der Waals surface area (Å²) in [4.78, 5) is 9.79. The molecule has 104 valence electrons. The first-order valence-electron chi connectivity index (χ1n) is 5.85. The normalized spacial score (nSPS) is 22.2. The average Bonchev–Trinajstić information content (AvgIpc) is 3.02. The SMILES string of the molecule is CC1CC1CNS(=O)(=O)c1ccc(N)cc1[N+](=O)[O-]. The van der Waals surface area contributed by atoms with Crippen molar-refractivity contribution in [1.29, 1.82) is 0 Å². The van der Waals surface area contributed by atoms with Crippen LogP contribution in [0.5, 0.6) is 0 Å². The van der Waals surface area contributed by atoms with E-state index in [2.05, 4.69) is 4.72 Å². The van der Waals surface area contributed by atoms with Gasteiger partial charge in [0.05, 0.1) is 4.92 Å². The standard InChI is InChI=1S/C11H15N3O4S/c1-7-4-8(7)6-13-19(17,18)11-3-2-9(12)5-10(11)14(15)16/h2-3,5,7-8,13H,4,6,12H2,1H3. The minimum absolute atomic E-state index is 0.154.